The predicted octanol–water partition coefficient (Wildman–Crippen LogP) is 5.45. The predicted molar refractivity (Wildman–Crippen MR) is 127 cm³/mol. The quantitative estimate of drug-likeness (QED) is 0.566. The van der Waals surface area contributed by atoms with Crippen LogP contribution in [0.3, 0.4) is 0 Å². The third-order valence-electron chi connectivity index (χ3n) is 5.59. The highest BCUT2D eigenvalue weighted by Gasteiger charge is 2.19. The largest absolute Gasteiger partial charge is 0.399 e. The Balaban J connectivity index is 0.00000210. The molecule has 1 aliphatic rings. The van der Waals surface area contributed by atoms with Crippen LogP contribution in [-0.2, 0) is 17.8 Å². The second-order valence-corrected chi connectivity index (χ2v) is 7.61. The SMILES string of the molecule is CN(Cc1ccccc1NC(=O)CCc1ccccc1N)C1CCCCC1.Cl.Cl. The molecule has 0 saturated heterocycles. The van der Waals surface area contributed by atoms with E-state index in [1.807, 2.05) is 42.5 Å². The summed E-state index contributed by atoms with van der Waals surface area (Å²) in [7, 11) is 2.20. The van der Waals surface area contributed by atoms with E-state index in [-0.39, 0.29) is 30.7 Å². The van der Waals surface area contributed by atoms with Crippen LogP contribution in [-0.4, -0.2) is 23.9 Å². The van der Waals surface area contributed by atoms with Crippen molar-refractivity contribution in [3.05, 3.63) is 59.7 Å². The molecular formula is C23H33Cl2N3O. The third kappa shape index (κ3) is 7.54. The van der Waals surface area contributed by atoms with Crippen LogP contribution in [0.2, 0.25) is 0 Å². The van der Waals surface area contributed by atoms with E-state index in [1.165, 1.54) is 37.7 Å². The number of carbonyl (C=O) groups excluding carboxylic acids is 1. The van der Waals surface area contributed by atoms with Crippen molar-refractivity contribution >= 4 is 42.1 Å². The van der Waals surface area contributed by atoms with Crippen molar-refractivity contribution in [3.8, 4) is 0 Å². The summed E-state index contributed by atoms with van der Waals surface area (Å²) in [6, 6.07) is 16.5. The zero-order valence-corrected chi connectivity index (χ0v) is 18.7. The zero-order valence-electron chi connectivity index (χ0n) is 17.1. The number of rotatable bonds is 7. The van der Waals surface area contributed by atoms with E-state index in [9.17, 15) is 4.79 Å². The minimum Gasteiger partial charge on any atom is -0.399 e. The molecule has 3 N–H and O–H groups in total. The van der Waals surface area contributed by atoms with Crippen LogP contribution in [0.1, 0.15) is 49.7 Å². The number of carbonyl (C=O) groups is 1. The molecule has 0 spiro atoms. The molecule has 0 aromatic heterocycles. The fourth-order valence-electron chi connectivity index (χ4n) is 3.92. The molecule has 0 atom stereocenters. The van der Waals surface area contributed by atoms with Crippen LogP contribution >= 0.6 is 24.8 Å². The van der Waals surface area contributed by atoms with Gasteiger partial charge in [-0.25, -0.2) is 0 Å². The van der Waals surface area contributed by atoms with Gasteiger partial charge >= 0.3 is 0 Å². The van der Waals surface area contributed by atoms with Gasteiger partial charge in [-0.15, -0.1) is 24.8 Å². The minimum atomic E-state index is 0. The number of benzene rings is 2. The lowest BCUT2D eigenvalue weighted by atomic mass is 9.94. The van der Waals surface area contributed by atoms with Crippen LogP contribution in [0.4, 0.5) is 11.4 Å². The molecule has 29 heavy (non-hydrogen) atoms. The van der Waals surface area contributed by atoms with Gasteiger partial charge < -0.3 is 11.1 Å². The summed E-state index contributed by atoms with van der Waals surface area (Å²) in [5.74, 6) is 0.0334. The standard InChI is InChI=1S/C23H31N3O.2ClH/c1-26(20-11-3-2-4-12-20)17-19-10-6-8-14-22(19)25-23(27)16-15-18-9-5-7-13-21(18)24;;/h5-10,13-14,20H,2-4,11-12,15-17,24H2,1H3,(H,25,27);2*1H. The number of hydrogen-bond donors (Lipinski definition) is 2. The molecule has 1 fully saturated rings. The number of nitrogens with one attached hydrogen (secondary N) is 1. The number of halogens is 2. The van der Waals surface area contributed by atoms with Crippen molar-refractivity contribution in [2.24, 2.45) is 0 Å². The fourth-order valence-corrected chi connectivity index (χ4v) is 3.92. The highest BCUT2D eigenvalue weighted by atomic mass is 35.5. The van der Waals surface area contributed by atoms with E-state index >= 15 is 0 Å². The number of aryl methyl sites for hydroxylation is 1. The summed E-state index contributed by atoms with van der Waals surface area (Å²) >= 11 is 0. The number of para-hydroxylation sites is 2. The first kappa shape index (κ1) is 25.3. The van der Waals surface area contributed by atoms with E-state index < -0.39 is 0 Å². The average molecular weight is 438 g/mol. The van der Waals surface area contributed by atoms with E-state index in [0.29, 0.717) is 18.9 Å². The molecule has 0 radical (unpaired) electrons. The van der Waals surface area contributed by atoms with Crippen LogP contribution in [0.15, 0.2) is 48.5 Å². The van der Waals surface area contributed by atoms with Gasteiger partial charge in [0.2, 0.25) is 5.91 Å². The Morgan fingerprint density at radius 2 is 1.62 bits per heavy atom. The van der Waals surface area contributed by atoms with Crippen molar-refractivity contribution < 1.29 is 4.79 Å². The number of hydrogen-bond acceptors (Lipinski definition) is 3. The summed E-state index contributed by atoms with van der Waals surface area (Å²) in [6.07, 6.45) is 7.67. The summed E-state index contributed by atoms with van der Waals surface area (Å²) in [6.45, 7) is 0.868. The summed E-state index contributed by atoms with van der Waals surface area (Å²) in [5.41, 5.74) is 9.85. The fraction of sp³-hybridized carbons (Fsp3) is 0.435. The van der Waals surface area contributed by atoms with E-state index in [0.717, 1.165) is 23.5 Å². The summed E-state index contributed by atoms with van der Waals surface area (Å²) in [4.78, 5) is 14.9. The van der Waals surface area contributed by atoms with E-state index in [4.69, 9.17) is 5.73 Å². The van der Waals surface area contributed by atoms with E-state index in [2.05, 4.69) is 23.3 Å². The minimum absolute atomic E-state index is 0. The van der Waals surface area contributed by atoms with Crippen molar-refractivity contribution in [1.29, 1.82) is 0 Å². The molecule has 1 aliphatic carbocycles. The molecule has 2 aromatic carbocycles. The molecule has 0 bridgehead atoms. The van der Waals surface area contributed by atoms with E-state index in [1.54, 1.807) is 0 Å². The highest BCUT2D eigenvalue weighted by Crippen LogP contribution is 2.25. The number of nitrogens with zero attached hydrogens (tertiary/aromatic N) is 1. The Kier molecular flexibility index (Phi) is 11.1. The molecule has 1 amide bonds. The normalized spacial score (nSPS) is 14.0. The number of amides is 1. The Morgan fingerprint density at radius 3 is 2.31 bits per heavy atom. The molecule has 2 aromatic rings. The maximum absolute atomic E-state index is 12.5. The van der Waals surface area contributed by atoms with Crippen LogP contribution < -0.4 is 11.1 Å². The highest BCUT2D eigenvalue weighted by molar-refractivity contribution is 5.91. The maximum atomic E-state index is 12.5. The molecule has 0 unspecified atom stereocenters. The lowest BCUT2D eigenvalue weighted by Crippen LogP contribution is -2.33. The van der Waals surface area contributed by atoms with Crippen LogP contribution in [0, 0.1) is 0 Å². The van der Waals surface area contributed by atoms with Crippen molar-refractivity contribution in [3.63, 3.8) is 0 Å². The first-order chi connectivity index (χ1) is 13.1. The second-order valence-electron chi connectivity index (χ2n) is 7.61. The van der Waals surface area contributed by atoms with Gasteiger partial charge in [-0.1, -0.05) is 55.7 Å². The molecule has 1 saturated carbocycles. The lowest BCUT2D eigenvalue weighted by Gasteiger charge is -2.31. The zero-order chi connectivity index (χ0) is 19.1. The summed E-state index contributed by atoms with van der Waals surface area (Å²) in [5, 5.41) is 3.10. The van der Waals surface area contributed by atoms with Gasteiger partial charge in [0.1, 0.15) is 0 Å². The lowest BCUT2D eigenvalue weighted by molar-refractivity contribution is -0.116. The average Bonchev–Trinajstić information content (AvgIpc) is 2.69. The van der Waals surface area contributed by atoms with Gasteiger partial charge in [0, 0.05) is 30.4 Å². The molecule has 6 heteroatoms. The molecule has 160 valence electrons. The molecule has 4 nitrogen and oxygen atoms in total. The Bertz CT molecular complexity index is 763. The van der Waals surface area contributed by atoms with Crippen molar-refractivity contribution in [2.45, 2.75) is 57.5 Å². The third-order valence-corrected chi connectivity index (χ3v) is 5.59. The molecule has 0 aliphatic heterocycles. The Hall–Kier alpha value is -1.75. The van der Waals surface area contributed by atoms with Crippen LogP contribution in [0.25, 0.3) is 0 Å². The number of nitrogen functional groups attached to an aromatic ring is 1. The monoisotopic (exact) mass is 437 g/mol. The molecule has 3 rings (SSSR count). The first-order valence-corrected chi connectivity index (χ1v) is 10.0. The van der Waals surface area contributed by atoms with Crippen molar-refractivity contribution in [1.82, 2.24) is 4.90 Å². The Morgan fingerprint density at radius 1 is 1.00 bits per heavy atom. The van der Waals surface area contributed by atoms with Gasteiger partial charge in [-0.2, -0.15) is 0 Å². The van der Waals surface area contributed by atoms with Gasteiger partial charge in [0.25, 0.3) is 0 Å². The number of nitrogens with two attached hydrogens (primary N) is 1. The Labute approximate surface area is 187 Å². The first-order valence-electron chi connectivity index (χ1n) is 10.0. The van der Waals surface area contributed by atoms with Gasteiger partial charge in [0.05, 0.1) is 0 Å². The van der Waals surface area contributed by atoms with Gasteiger partial charge in [-0.05, 0) is 49.6 Å². The molecular weight excluding hydrogens is 405 g/mol. The summed E-state index contributed by atoms with van der Waals surface area (Å²) < 4.78 is 0. The van der Waals surface area contributed by atoms with Gasteiger partial charge in [-0.3, -0.25) is 9.69 Å². The second kappa shape index (κ2) is 12.7. The van der Waals surface area contributed by atoms with Gasteiger partial charge in [0.15, 0.2) is 0 Å². The van der Waals surface area contributed by atoms with Crippen molar-refractivity contribution in [2.75, 3.05) is 18.1 Å². The number of anilines is 2. The topological polar surface area (TPSA) is 58.4 Å². The molecule has 0 heterocycles. The van der Waals surface area contributed by atoms with Crippen LogP contribution in [0.5, 0.6) is 0 Å². The smallest absolute Gasteiger partial charge is 0.224 e. The maximum Gasteiger partial charge on any atom is 0.224 e.